The monoisotopic (exact) mass is 788 g/mol. The molecular formula is C36H37F5N8O5S. The van der Waals surface area contributed by atoms with Crippen molar-refractivity contribution in [2.75, 3.05) is 43.5 Å². The molecule has 3 aliphatic heterocycles. The molecule has 4 aromatic rings. The molecule has 3 unspecified atom stereocenters. The van der Waals surface area contributed by atoms with Crippen LogP contribution in [0, 0.1) is 23.0 Å². The summed E-state index contributed by atoms with van der Waals surface area (Å²) in [6.07, 6.45) is -4.64. The molecule has 55 heavy (non-hydrogen) atoms. The van der Waals surface area contributed by atoms with E-state index in [9.17, 15) is 20.0 Å². The first-order valence-corrected chi connectivity index (χ1v) is 18.4. The Hall–Kier alpha value is -5.09. The molecule has 3 fully saturated rings. The van der Waals surface area contributed by atoms with Gasteiger partial charge in [0.15, 0.2) is 10.9 Å². The predicted octanol–water partition coefficient (Wildman–Crippen LogP) is 7.64. The van der Waals surface area contributed by atoms with E-state index in [0.717, 1.165) is 24.6 Å². The molecule has 0 radical (unpaired) electrons. The molecule has 2 amide bonds. The minimum Gasteiger partial charge on any atom is -0.465 e. The highest BCUT2D eigenvalue weighted by Gasteiger charge is 2.45. The van der Waals surface area contributed by atoms with Gasteiger partial charge in [0.25, 0.3) is 0 Å². The molecule has 0 spiro atoms. The lowest BCUT2D eigenvalue weighted by Crippen LogP contribution is -2.55. The van der Waals surface area contributed by atoms with Crippen LogP contribution in [-0.4, -0.2) is 98.6 Å². The number of halogens is 5. The van der Waals surface area contributed by atoms with Gasteiger partial charge in [0.05, 0.1) is 45.9 Å². The third kappa shape index (κ3) is 7.12. The second-order valence-corrected chi connectivity index (χ2v) is 16.1. The molecule has 2 bridgehead atoms. The summed E-state index contributed by atoms with van der Waals surface area (Å²) in [4.78, 5) is 42.5. The lowest BCUT2D eigenvalue weighted by molar-refractivity contribution is -0.137. The molecular weight excluding hydrogens is 752 g/mol. The molecule has 292 valence electrons. The number of nitrogens with one attached hydrogen (secondary N) is 1. The number of thiazole rings is 1. The highest BCUT2D eigenvalue weighted by Crippen LogP contribution is 2.47. The largest absolute Gasteiger partial charge is 0.465 e. The van der Waals surface area contributed by atoms with Gasteiger partial charge >= 0.3 is 24.4 Å². The standard InChI is InChI=1S/C36H37F5N8O5S/c1-34(2,3)54-32(50)46-31-44-27-20(8-9-23(37)28(27)55-31)24-22(36(39,40)41)14-21-26(25(24)38)43-30(53-17-35(11-12-42)10-5-13-47(35)4)45-29(21)48-15-18-6-7-19(16-48)49(18)33(51)52/h8-9,14,18-19H,5-7,10-11,13,15-17H2,1-4H3,(H,51,52)(H,44,46,50). The van der Waals surface area contributed by atoms with Crippen LogP contribution in [0.2, 0.25) is 0 Å². The molecule has 7 rings (SSSR count). The fourth-order valence-corrected chi connectivity index (χ4v) is 8.75. The first-order valence-electron chi connectivity index (χ1n) is 17.6. The van der Waals surface area contributed by atoms with Crippen molar-refractivity contribution < 1.29 is 46.1 Å². The molecule has 3 saturated heterocycles. The van der Waals surface area contributed by atoms with Crippen LogP contribution < -0.4 is 15.0 Å². The van der Waals surface area contributed by atoms with Gasteiger partial charge in [-0.3, -0.25) is 15.1 Å². The summed E-state index contributed by atoms with van der Waals surface area (Å²) in [6.45, 7) is 5.63. The summed E-state index contributed by atoms with van der Waals surface area (Å²) in [6, 6.07) is 3.48. The number of nitriles is 1. The summed E-state index contributed by atoms with van der Waals surface area (Å²) >= 11 is 0.638. The van der Waals surface area contributed by atoms with Gasteiger partial charge in [-0.1, -0.05) is 11.3 Å². The van der Waals surface area contributed by atoms with E-state index in [0.29, 0.717) is 37.1 Å². The normalized spacial score (nSPS) is 21.7. The number of aromatic nitrogens is 3. The van der Waals surface area contributed by atoms with E-state index in [2.05, 4.69) is 26.3 Å². The fourth-order valence-electron chi connectivity index (χ4n) is 7.87. The van der Waals surface area contributed by atoms with E-state index in [-0.39, 0.29) is 58.7 Å². The minimum atomic E-state index is -5.15. The summed E-state index contributed by atoms with van der Waals surface area (Å²) < 4.78 is 88.8. The number of likely N-dealkylation sites (tertiary alicyclic amines) is 1. The lowest BCUT2D eigenvalue weighted by atomic mass is 9.94. The van der Waals surface area contributed by atoms with Crippen molar-refractivity contribution in [3.8, 4) is 23.2 Å². The van der Waals surface area contributed by atoms with Crippen LogP contribution in [0.4, 0.5) is 42.5 Å². The number of carboxylic acid groups (broad SMARTS) is 1. The van der Waals surface area contributed by atoms with Gasteiger partial charge in [-0.2, -0.15) is 28.4 Å². The van der Waals surface area contributed by atoms with Crippen molar-refractivity contribution in [3.63, 3.8) is 0 Å². The molecule has 19 heteroatoms. The number of ether oxygens (including phenoxy) is 2. The maximum atomic E-state index is 17.2. The molecule has 2 N–H and O–H groups in total. The number of hydrogen-bond acceptors (Lipinski definition) is 11. The van der Waals surface area contributed by atoms with Crippen molar-refractivity contribution in [2.45, 2.75) is 82.3 Å². The molecule has 2 aromatic heterocycles. The van der Waals surface area contributed by atoms with Crippen molar-refractivity contribution in [3.05, 3.63) is 35.4 Å². The lowest BCUT2D eigenvalue weighted by Gasteiger charge is -2.40. The second-order valence-electron chi connectivity index (χ2n) is 15.1. The van der Waals surface area contributed by atoms with Gasteiger partial charge in [0, 0.05) is 29.6 Å². The highest BCUT2D eigenvalue weighted by molar-refractivity contribution is 7.22. The summed E-state index contributed by atoms with van der Waals surface area (Å²) in [5.74, 6) is -2.34. The topological polar surface area (TPSA) is 157 Å². The van der Waals surface area contributed by atoms with Crippen LogP contribution in [0.3, 0.4) is 0 Å². The van der Waals surface area contributed by atoms with Crippen LogP contribution in [0.15, 0.2) is 18.2 Å². The Labute approximate surface area is 315 Å². The summed E-state index contributed by atoms with van der Waals surface area (Å²) in [5.41, 5.74) is -5.25. The quantitative estimate of drug-likeness (QED) is 0.178. The van der Waals surface area contributed by atoms with E-state index >= 15 is 22.0 Å². The van der Waals surface area contributed by atoms with Gasteiger partial charge in [0.2, 0.25) is 0 Å². The van der Waals surface area contributed by atoms with Crippen molar-refractivity contribution in [2.24, 2.45) is 0 Å². The number of likely N-dealkylation sites (N-methyl/N-ethyl adjacent to an activating group) is 1. The number of anilines is 2. The Balaban J connectivity index is 1.40. The van der Waals surface area contributed by atoms with Crippen molar-refractivity contribution in [1.29, 1.82) is 5.26 Å². The first kappa shape index (κ1) is 38.2. The average molecular weight is 789 g/mol. The van der Waals surface area contributed by atoms with E-state index in [1.54, 1.807) is 25.7 Å². The van der Waals surface area contributed by atoms with Crippen LogP contribution in [0.25, 0.3) is 32.2 Å². The van der Waals surface area contributed by atoms with Gasteiger partial charge in [-0.05, 0) is 78.2 Å². The number of benzene rings is 2. The maximum Gasteiger partial charge on any atom is 0.417 e. The number of nitrogens with zero attached hydrogens (tertiary/aromatic N) is 7. The Kier molecular flexibility index (Phi) is 9.64. The van der Waals surface area contributed by atoms with Crippen LogP contribution in [0.5, 0.6) is 6.01 Å². The molecule has 13 nitrogen and oxygen atoms in total. The average Bonchev–Trinajstić information content (AvgIpc) is 3.76. The van der Waals surface area contributed by atoms with Crippen LogP contribution in [0.1, 0.15) is 58.4 Å². The molecule has 0 aliphatic carbocycles. The molecule has 5 heterocycles. The smallest absolute Gasteiger partial charge is 0.417 e. The fraction of sp³-hybridized carbons (Fsp3) is 0.500. The van der Waals surface area contributed by atoms with Gasteiger partial charge in [-0.25, -0.2) is 23.4 Å². The predicted molar refractivity (Wildman–Crippen MR) is 192 cm³/mol. The summed E-state index contributed by atoms with van der Waals surface area (Å²) in [7, 11) is 1.85. The Morgan fingerprint density at radius 1 is 1.11 bits per heavy atom. The van der Waals surface area contributed by atoms with E-state index in [4.69, 9.17) is 9.47 Å². The molecule has 2 aromatic carbocycles. The number of amides is 2. The number of hydrogen-bond donors (Lipinski definition) is 2. The van der Waals surface area contributed by atoms with E-state index in [1.165, 1.54) is 4.90 Å². The molecule has 3 aliphatic rings. The van der Waals surface area contributed by atoms with Crippen molar-refractivity contribution in [1.82, 2.24) is 24.8 Å². The highest BCUT2D eigenvalue weighted by atomic mass is 32.1. The van der Waals surface area contributed by atoms with E-state index in [1.807, 2.05) is 11.9 Å². The maximum absolute atomic E-state index is 17.2. The van der Waals surface area contributed by atoms with Gasteiger partial charge in [-0.15, -0.1) is 0 Å². The number of alkyl halides is 3. The first-order chi connectivity index (χ1) is 25.9. The molecule has 0 saturated carbocycles. The zero-order chi connectivity index (χ0) is 39.6. The van der Waals surface area contributed by atoms with Crippen LogP contribution >= 0.6 is 11.3 Å². The third-order valence-electron chi connectivity index (χ3n) is 10.4. The number of fused-ring (bicyclic) bond motifs is 4. The SMILES string of the molecule is CN1CCCC1(CC#N)COc1nc(N2CC3CCC(C2)N3C(=O)O)c2cc(C(F)(F)F)c(-c3ccc(F)c4sc(NC(=O)OC(C)(C)C)nc34)c(F)c2n1. The zero-order valence-corrected chi connectivity index (χ0v) is 31.1. The van der Waals surface area contributed by atoms with E-state index < -0.39 is 75.4 Å². The second kappa shape index (κ2) is 13.9. The Bertz CT molecular complexity index is 2230. The number of carbonyl (C=O) groups excluding carboxylic acids is 1. The molecule has 3 atom stereocenters. The van der Waals surface area contributed by atoms with Gasteiger partial charge < -0.3 is 19.5 Å². The Morgan fingerprint density at radius 2 is 1.82 bits per heavy atom. The number of rotatable bonds is 7. The summed E-state index contributed by atoms with van der Waals surface area (Å²) in [5, 5.41) is 21.3. The number of piperazine rings is 1. The third-order valence-corrected chi connectivity index (χ3v) is 11.4. The van der Waals surface area contributed by atoms with Crippen molar-refractivity contribution >= 4 is 55.6 Å². The zero-order valence-electron chi connectivity index (χ0n) is 30.3. The van der Waals surface area contributed by atoms with Crippen LogP contribution in [-0.2, 0) is 10.9 Å². The Morgan fingerprint density at radius 3 is 2.42 bits per heavy atom. The van der Waals surface area contributed by atoms with Gasteiger partial charge in [0.1, 0.15) is 29.4 Å². The minimum absolute atomic E-state index is 0.0695. The number of carbonyl (C=O) groups is 2.